The van der Waals surface area contributed by atoms with Crippen LogP contribution in [0.4, 0.5) is 0 Å². The summed E-state index contributed by atoms with van der Waals surface area (Å²) < 4.78 is 2.22. The molecular formula is C21H22NO+. The Balaban J connectivity index is 2.22. The number of aliphatic hydroxyl groups is 1. The molecule has 0 amide bonds. The molecule has 0 radical (unpaired) electrons. The van der Waals surface area contributed by atoms with Crippen LogP contribution < -0.4 is 4.57 Å². The summed E-state index contributed by atoms with van der Waals surface area (Å²) in [5.41, 5.74) is 6.00. The van der Waals surface area contributed by atoms with Gasteiger partial charge in [-0.15, -0.1) is 0 Å². The van der Waals surface area contributed by atoms with Gasteiger partial charge in [0.15, 0.2) is 12.2 Å². The van der Waals surface area contributed by atoms with E-state index in [9.17, 15) is 5.11 Å². The monoisotopic (exact) mass is 304 g/mol. The molecule has 3 aromatic rings. The number of nitrogens with zero attached hydrogens (tertiary/aromatic N) is 1. The largest absolute Gasteiger partial charge is 0.390 e. The lowest BCUT2D eigenvalue weighted by Gasteiger charge is -2.11. The van der Waals surface area contributed by atoms with Crippen molar-refractivity contribution >= 4 is 0 Å². The highest BCUT2D eigenvalue weighted by atomic mass is 16.3. The number of aryl methyl sites for hydroxylation is 1. The second kappa shape index (κ2) is 7.21. The van der Waals surface area contributed by atoms with Crippen LogP contribution in [0.5, 0.6) is 0 Å². The molecule has 1 N–H and O–H groups in total. The highest BCUT2D eigenvalue weighted by Crippen LogP contribution is 2.25. The first-order chi connectivity index (χ1) is 11.3. The smallest absolute Gasteiger partial charge is 0.213 e. The van der Waals surface area contributed by atoms with Crippen molar-refractivity contribution in [3.8, 4) is 22.4 Å². The van der Waals surface area contributed by atoms with Crippen LogP contribution in [0, 0.1) is 0 Å². The summed E-state index contributed by atoms with van der Waals surface area (Å²) in [6.07, 6.45) is 0.931. The Morgan fingerprint density at radius 1 is 0.783 bits per heavy atom. The number of benzene rings is 2. The fraction of sp³-hybridized carbons (Fsp3) is 0.190. The Kier molecular flexibility index (Phi) is 4.84. The normalized spacial score (nSPS) is 10.7. The summed E-state index contributed by atoms with van der Waals surface area (Å²) in [5, 5.41) is 9.48. The van der Waals surface area contributed by atoms with E-state index in [1.54, 1.807) is 0 Å². The summed E-state index contributed by atoms with van der Waals surface area (Å²) in [4.78, 5) is 0. The van der Waals surface area contributed by atoms with Crippen molar-refractivity contribution in [3.63, 3.8) is 0 Å². The summed E-state index contributed by atoms with van der Waals surface area (Å²) in [6, 6.07) is 25.3. The number of hydrogen-bond acceptors (Lipinski definition) is 1. The van der Waals surface area contributed by atoms with E-state index in [0.717, 1.165) is 12.1 Å². The van der Waals surface area contributed by atoms with Crippen LogP contribution in [0.1, 0.15) is 12.6 Å². The van der Waals surface area contributed by atoms with E-state index < -0.39 is 0 Å². The minimum absolute atomic E-state index is 0.141. The molecule has 1 heterocycles. The maximum Gasteiger partial charge on any atom is 0.213 e. The van der Waals surface area contributed by atoms with E-state index in [2.05, 4.69) is 72.2 Å². The summed E-state index contributed by atoms with van der Waals surface area (Å²) >= 11 is 0. The number of rotatable bonds is 5. The molecule has 23 heavy (non-hydrogen) atoms. The fourth-order valence-corrected chi connectivity index (χ4v) is 2.98. The Labute approximate surface area is 137 Å². The first kappa shape index (κ1) is 15.4. The van der Waals surface area contributed by atoms with Crippen LogP contribution in [-0.2, 0) is 13.0 Å². The lowest BCUT2D eigenvalue weighted by molar-refractivity contribution is -0.694. The molecule has 2 nitrogen and oxygen atoms in total. The molecule has 0 spiro atoms. The molecule has 2 heteroatoms. The molecule has 0 bridgehead atoms. The van der Waals surface area contributed by atoms with Crippen LogP contribution in [0.25, 0.3) is 22.4 Å². The Morgan fingerprint density at radius 2 is 1.39 bits per heavy atom. The quantitative estimate of drug-likeness (QED) is 0.711. The van der Waals surface area contributed by atoms with Gasteiger partial charge in [-0.2, -0.15) is 4.57 Å². The minimum atomic E-state index is 0.141. The summed E-state index contributed by atoms with van der Waals surface area (Å²) in [7, 11) is 0. The molecule has 0 aliphatic heterocycles. The van der Waals surface area contributed by atoms with Crippen LogP contribution in [0.2, 0.25) is 0 Å². The van der Waals surface area contributed by atoms with Gasteiger partial charge in [-0.1, -0.05) is 55.5 Å². The van der Waals surface area contributed by atoms with Gasteiger partial charge in [0.2, 0.25) is 5.69 Å². The Hall–Kier alpha value is -2.45. The van der Waals surface area contributed by atoms with Gasteiger partial charge in [0.1, 0.15) is 6.61 Å². The Bertz CT molecular complexity index is 767. The second-order valence-corrected chi connectivity index (χ2v) is 5.58. The zero-order chi connectivity index (χ0) is 16.1. The summed E-state index contributed by atoms with van der Waals surface area (Å²) in [6.45, 7) is 2.91. The first-order valence-electron chi connectivity index (χ1n) is 8.12. The zero-order valence-electron chi connectivity index (χ0n) is 13.4. The highest BCUT2D eigenvalue weighted by Gasteiger charge is 2.19. The molecule has 0 atom stereocenters. The fourth-order valence-electron chi connectivity index (χ4n) is 2.98. The maximum atomic E-state index is 9.48. The van der Waals surface area contributed by atoms with E-state index in [0.29, 0.717) is 6.54 Å². The predicted molar refractivity (Wildman–Crippen MR) is 94.0 cm³/mol. The molecule has 1 aromatic heterocycles. The van der Waals surface area contributed by atoms with Crippen LogP contribution >= 0.6 is 0 Å². The van der Waals surface area contributed by atoms with Crippen LogP contribution in [0.3, 0.4) is 0 Å². The van der Waals surface area contributed by atoms with E-state index in [-0.39, 0.29) is 6.61 Å². The summed E-state index contributed by atoms with van der Waals surface area (Å²) in [5.74, 6) is 0. The van der Waals surface area contributed by atoms with Gasteiger partial charge in [-0.3, -0.25) is 0 Å². The van der Waals surface area contributed by atoms with Crippen molar-refractivity contribution in [2.45, 2.75) is 19.9 Å². The second-order valence-electron chi connectivity index (χ2n) is 5.58. The first-order valence-corrected chi connectivity index (χ1v) is 8.12. The third kappa shape index (κ3) is 3.33. The van der Waals surface area contributed by atoms with E-state index in [4.69, 9.17) is 0 Å². The number of aromatic nitrogens is 1. The Morgan fingerprint density at radius 3 is 1.96 bits per heavy atom. The van der Waals surface area contributed by atoms with E-state index >= 15 is 0 Å². The molecule has 0 saturated carbocycles. The van der Waals surface area contributed by atoms with Gasteiger partial charge in [-0.25, -0.2) is 0 Å². The van der Waals surface area contributed by atoms with Gasteiger partial charge in [-0.05, 0) is 23.3 Å². The molecule has 0 unspecified atom stereocenters. The molecule has 0 saturated heterocycles. The molecule has 0 aliphatic carbocycles. The van der Waals surface area contributed by atoms with Gasteiger partial charge < -0.3 is 5.11 Å². The van der Waals surface area contributed by atoms with Gasteiger partial charge >= 0.3 is 0 Å². The van der Waals surface area contributed by atoms with Crippen molar-refractivity contribution in [3.05, 3.63) is 78.5 Å². The molecule has 116 valence electrons. The maximum absolute atomic E-state index is 9.48. The lowest BCUT2D eigenvalue weighted by atomic mass is 10.0. The van der Waals surface area contributed by atoms with E-state index in [1.165, 1.54) is 22.4 Å². The van der Waals surface area contributed by atoms with Crippen molar-refractivity contribution in [1.82, 2.24) is 0 Å². The van der Waals surface area contributed by atoms with Crippen molar-refractivity contribution in [2.24, 2.45) is 0 Å². The topological polar surface area (TPSA) is 24.1 Å². The average Bonchev–Trinajstić information content (AvgIpc) is 2.63. The third-order valence-corrected chi connectivity index (χ3v) is 4.11. The average molecular weight is 304 g/mol. The van der Waals surface area contributed by atoms with Crippen molar-refractivity contribution in [2.75, 3.05) is 6.61 Å². The minimum Gasteiger partial charge on any atom is -0.390 e. The SMILES string of the molecule is CCc1cc(-c2ccccc2)cc(-c2ccccc2)[n+]1CCO. The highest BCUT2D eigenvalue weighted by molar-refractivity contribution is 5.69. The van der Waals surface area contributed by atoms with Crippen LogP contribution in [0.15, 0.2) is 72.8 Å². The third-order valence-electron chi connectivity index (χ3n) is 4.11. The number of hydrogen-bond donors (Lipinski definition) is 1. The zero-order valence-corrected chi connectivity index (χ0v) is 13.4. The predicted octanol–water partition coefficient (Wildman–Crippen LogP) is 3.86. The lowest BCUT2D eigenvalue weighted by Crippen LogP contribution is -2.42. The standard InChI is InChI=1S/C21H22NO/c1-2-20-15-19(17-9-5-3-6-10-17)16-21(22(20)13-14-23)18-11-7-4-8-12-18/h3-12,15-16,23H,2,13-14H2,1H3/q+1. The van der Waals surface area contributed by atoms with Gasteiger partial charge in [0.05, 0.1) is 0 Å². The number of aliphatic hydroxyl groups excluding tert-OH is 1. The van der Waals surface area contributed by atoms with Crippen molar-refractivity contribution < 1.29 is 9.67 Å². The van der Waals surface area contributed by atoms with Gasteiger partial charge in [0, 0.05) is 24.1 Å². The molecule has 2 aromatic carbocycles. The molecule has 3 rings (SSSR count). The van der Waals surface area contributed by atoms with Crippen LogP contribution in [-0.4, -0.2) is 11.7 Å². The number of pyridine rings is 1. The van der Waals surface area contributed by atoms with Crippen molar-refractivity contribution in [1.29, 1.82) is 0 Å². The van der Waals surface area contributed by atoms with E-state index in [1.807, 2.05) is 12.1 Å². The molecular weight excluding hydrogens is 282 g/mol. The molecule has 0 aliphatic rings. The molecule has 0 fully saturated rings. The van der Waals surface area contributed by atoms with Gasteiger partial charge in [0.25, 0.3) is 0 Å².